The molecule has 0 saturated carbocycles. The first-order chi connectivity index (χ1) is 7.70. The van der Waals surface area contributed by atoms with Crippen LogP contribution in [0.5, 0.6) is 0 Å². The van der Waals surface area contributed by atoms with Crippen molar-refractivity contribution >= 4 is 0 Å². The van der Waals surface area contributed by atoms with Crippen molar-refractivity contribution in [1.29, 1.82) is 0 Å². The Hall–Kier alpha value is -0.800. The molecule has 2 atom stereocenters. The highest BCUT2D eigenvalue weighted by atomic mass is 16.4. The van der Waals surface area contributed by atoms with Gasteiger partial charge in [0.25, 0.3) is 0 Å². The molecule has 0 aliphatic carbocycles. The predicted molar refractivity (Wildman–Crippen MR) is 63.0 cm³/mol. The third-order valence-corrected chi connectivity index (χ3v) is 3.44. The molecule has 1 aromatic rings. The maximum Gasteiger partial charge on any atom is 0.132 e. The molecule has 3 heteroatoms. The van der Waals surface area contributed by atoms with Gasteiger partial charge in [-0.1, -0.05) is 26.7 Å². The van der Waals surface area contributed by atoms with E-state index >= 15 is 0 Å². The summed E-state index contributed by atoms with van der Waals surface area (Å²) < 4.78 is 5.22. The van der Waals surface area contributed by atoms with E-state index in [-0.39, 0.29) is 6.61 Å². The van der Waals surface area contributed by atoms with Crippen LogP contribution in [-0.4, -0.2) is 16.8 Å². The molecule has 1 rings (SSSR count). The minimum Gasteiger partial charge on any atom is -0.467 e. The highest BCUT2D eigenvalue weighted by Crippen LogP contribution is 2.41. The summed E-state index contributed by atoms with van der Waals surface area (Å²) in [6, 6.07) is 3.52. The minimum atomic E-state index is -0.718. The van der Waals surface area contributed by atoms with Crippen molar-refractivity contribution in [2.75, 3.05) is 6.61 Å². The molecule has 1 aromatic heterocycles. The Kier molecular flexibility index (Phi) is 5.03. The SMILES string of the molecule is CCCC[C@](CC)(CO)[C@H](O)c1ccco1. The van der Waals surface area contributed by atoms with Crippen LogP contribution in [-0.2, 0) is 0 Å². The standard InChI is InChI=1S/C13H22O3/c1-3-5-8-13(4-2,10-14)12(15)11-7-6-9-16-11/h6-7,9,12,14-15H,3-5,8,10H2,1-2H3/t12-,13-/m1/s1. The first-order valence-electron chi connectivity index (χ1n) is 6.02. The summed E-state index contributed by atoms with van der Waals surface area (Å²) in [6.07, 6.45) is 4.46. The molecule has 0 aromatic carbocycles. The second kappa shape index (κ2) is 6.06. The quantitative estimate of drug-likeness (QED) is 0.751. The van der Waals surface area contributed by atoms with Gasteiger partial charge in [-0.05, 0) is 25.0 Å². The lowest BCUT2D eigenvalue weighted by Crippen LogP contribution is -2.32. The van der Waals surface area contributed by atoms with Gasteiger partial charge in [-0.3, -0.25) is 0 Å². The fourth-order valence-corrected chi connectivity index (χ4v) is 2.06. The molecule has 16 heavy (non-hydrogen) atoms. The third kappa shape index (κ3) is 2.66. The van der Waals surface area contributed by atoms with E-state index in [4.69, 9.17) is 4.42 Å². The average Bonchev–Trinajstić information content (AvgIpc) is 2.84. The van der Waals surface area contributed by atoms with Crippen molar-refractivity contribution in [2.45, 2.75) is 45.6 Å². The number of aliphatic hydroxyl groups excluding tert-OH is 2. The van der Waals surface area contributed by atoms with Crippen molar-refractivity contribution in [1.82, 2.24) is 0 Å². The molecule has 0 bridgehead atoms. The molecule has 0 saturated heterocycles. The monoisotopic (exact) mass is 226 g/mol. The van der Waals surface area contributed by atoms with E-state index in [2.05, 4.69) is 6.92 Å². The van der Waals surface area contributed by atoms with Crippen molar-refractivity contribution < 1.29 is 14.6 Å². The zero-order chi connectivity index (χ0) is 12.0. The molecule has 3 nitrogen and oxygen atoms in total. The van der Waals surface area contributed by atoms with Gasteiger partial charge in [0.1, 0.15) is 11.9 Å². The third-order valence-electron chi connectivity index (χ3n) is 3.44. The maximum atomic E-state index is 10.3. The molecule has 2 N–H and O–H groups in total. The van der Waals surface area contributed by atoms with Gasteiger partial charge in [0.2, 0.25) is 0 Å². The Morgan fingerprint density at radius 2 is 2.19 bits per heavy atom. The summed E-state index contributed by atoms with van der Waals surface area (Å²) in [5, 5.41) is 19.9. The smallest absolute Gasteiger partial charge is 0.132 e. The first-order valence-corrected chi connectivity index (χ1v) is 6.02. The summed E-state index contributed by atoms with van der Waals surface area (Å²) in [7, 11) is 0. The number of rotatable bonds is 7. The van der Waals surface area contributed by atoms with Crippen molar-refractivity contribution in [3.05, 3.63) is 24.2 Å². The van der Waals surface area contributed by atoms with Crippen LogP contribution in [0.1, 0.15) is 51.4 Å². The van der Waals surface area contributed by atoms with Crippen LogP contribution in [0.3, 0.4) is 0 Å². The van der Waals surface area contributed by atoms with Crippen LogP contribution >= 0.6 is 0 Å². The van der Waals surface area contributed by atoms with E-state index < -0.39 is 11.5 Å². The lowest BCUT2D eigenvalue weighted by Gasteiger charge is -2.34. The van der Waals surface area contributed by atoms with Gasteiger partial charge >= 0.3 is 0 Å². The number of hydrogen-bond acceptors (Lipinski definition) is 3. The summed E-state index contributed by atoms with van der Waals surface area (Å²) in [5.74, 6) is 0.548. The van der Waals surface area contributed by atoms with E-state index in [1.807, 2.05) is 6.92 Å². The molecule has 92 valence electrons. The molecule has 0 spiro atoms. The number of aliphatic hydroxyl groups is 2. The van der Waals surface area contributed by atoms with Crippen LogP contribution in [0.25, 0.3) is 0 Å². The second-order valence-electron chi connectivity index (χ2n) is 4.40. The van der Waals surface area contributed by atoms with E-state index in [1.54, 1.807) is 18.4 Å². The van der Waals surface area contributed by atoms with E-state index in [0.29, 0.717) is 5.76 Å². The Morgan fingerprint density at radius 1 is 1.44 bits per heavy atom. The van der Waals surface area contributed by atoms with Crippen LogP contribution in [0.4, 0.5) is 0 Å². The first kappa shape index (κ1) is 13.3. The summed E-state index contributed by atoms with van der Waals surface area (Å²) in [4.78, 5) is 0. The fourth-order valence-electron chi connectivity index (χ4n) is 2.06. The normalized spacial score (nSPS) is 17.0. The highest BCUT2D eigenvalue weighted by molar-refractivity contribution is 5.06. The molecule has 0 fully saturated rings. The zero-order valence-corrected chi connectivity index (χ0v) is 10.1. The topological polar surface area (TPSA) is 53.6 Å². The van der Waals surface area contributed by atoms with Gasteiger partial charge in [-0.2, -0.15) is 0 Å². The maximum absolute atomic E-state index is 10.3. The molecular formula is C13H22O3. The second-order valence-corrected chi connectivity index (χ2v) is 4.40. The molecule has 0 aliphatic rings. The molecule has 0 amide bonds. The number of hydrogen-bond donors (Lipinski definition) is 2. The summed E-state index contributed by atoms with van der Waals surface area (Å²) in [5.41, 5.74) is -0.464. The van der Waals surface area contributed by atoms with Crippen LogP contribution in [0, 0.1) is 5.41 Å². The van der Waals surface area contributed by atoms with E-state index in [9.17, 15) is 10.2 Å². The molecular weight excluding hydrogens is 204 g/mol. The Labute approximate surface area is 97.1 Å². The van der Waals surface area contributed by atoms with Crippen molar-refractivity contribution in [3.8, 4) is 0 Å². The Balaban J connectivity index is 2.83. The van der Waals surface area contributed by atoms with Crippen molar-refractivity contribution in [2.24, 2.45) is 5.41 Å². The van der Waals surface area contributed by atoms with Gasteiger partial charge in [-0.15, -0.1) is 0 Å². The minimum absolute atomic E-state index is 0.00856. The number of unbranched alkanes of at least 4 members (excludes halogenated alkanes) is 1. The van der Waals surface area contributed by atoms with Gasteiger partial charge in [0.15, 0.2) is 0 Å². The van der Waals surface area contributed by atoms with Gasteiger partial charge in [0.05, 0.1) is 12.9 Å². The Bertz CT molecular complexity index is 275. The predicted octanol–water partition coefficient (Wildman–Crippen LogP) is 2.89. The summed E-state index contributed by atoms with van der Waals surface area (Å²) in [6.45, 7) is 4.10. The summed E-state index contributed by atoms with van der Waals surface area (Å²) >= 11 is 0. The lowest BCUT2D eigenvalue weighted by atomic mass is 9.75. The van der Waals surface area contributed by atoms with Gasteiger partial charge < -0.3 is 14.6 Å². The Morgan fingerprint density at radius 3 is 2.62 bits per heavy atom. The molecule has 0 radical (unpaired) electrons. The molecule has 0 unspecified atom stereocenters. The fraction of sp³-hybridized carbons (Fsp3) is 0.692. The van der Waals surface area contributed by atoms with Crippen LogP contribution < -0.4 is 0 Å². The van der Waals surface area contributed by atoms with Gasteiger partial charge in [0, 0.05) is 5.41 Å². The highest BCUT2D eigenvalue weighted by Gasteiger charge is 2.37. The van der Waals surface area contributed by atoms with Gasteiger partial charge in [-0.25, -0.2) is 0 Å². The molecule has 1 heterocycles. The zero-order valence-electron chi connectivity index (χ0n) is 10.1. The lowest BCUT2D eigenvalue weighted by molar-refractivity contribution is -0.0413. The van der Waals surface area contributed by atoms with Crippen molar-refractivity contribution in [3.63, 3.8) is 0 Å². The molecule has 0 aliphatic heterocycles. The number of furan rings is 1. The van der Waals surface area contributed by atoms with E-state index in [1.165, 1.54) is 0 Å². The largest absolute Gasteiger partial charge is 0.467 e. The average molecular weight is 226 g/mol. The van der Waals surface area contributed by atoms with Crippen LogP contribution in [0.15, 0.2) is 22.8 Å². The van der Waals surface area contributed by atoms with E-state index in [0.717, 1.165) is 25.7 Å². The van der Waals surface area contributed by atoms with Crippen LogP contribution in [0.2, 0.25) is 0 Å².